The molecular formula is C30H58N2O. The molecule has 2 unspecified atom stereocenters. The number of carbonyl (C=O) groups excluding carboxylic acids is 1. The van der Waals surface area contributed by atoms with Gasteiger partial charge in [0, 0.05) is 39.1 Å². The molecule has 194 valence electrons. The zero-order valence-electron chi connectivity index (χ0n) is 23.0. The summed E-state index contributed by atoms with van der Waals surface area (Å²) < 4.78 is 0. The average molecular weight is 463 g/mol. The predicted molar refractivity (Wildman–Crippen MR) is 144 cm³/mol. The zero-order valence-corrected chi connectivity index (χ0v) is 23.0. The molecule has 0 saturated carbocycles. The van der Waals surface area contributed by atoms with Crippen LogP contribution >= 0.6 is 0 Å². The van der Waals surface area contributed by atoms with Crippen LogP contribution in [0.4, 0.5) is 0 Å². The number of hydrogen-bond acceptors (Lipinski definition) is 2. The van der Waals surface area contributed by atoms with Crippen LogP contribution in [0.1, 0.15) is 137 Å². The first-order chi connectivity index (χ1) is 16.1. The number of likely N-dealkylation sites (tertiary alicyclic amines) is 2. The van der Waals surface area contributed by atoms with Crippen LogP contribution in [0.25, 0.3) is 0 Å². The topological polar surface area (TPSA) is 23.6 Å². The summed E-state index contributed by atoms with van der Waals surface area (Å²) in [5.41, 5.74) is 0.529. The van der Waals surface area contributed by atoms with E-state index in [-0.39, 0.29) is 0 Å². The summed E-state index contributed by atoms with van der Waals surface area (Å²) in [5, 5.41) is 0. The zero-order chi connectivity index (χ0) is 23.9. The van der Waals surface area contributed by atoms with E-state index in [4.69, 9.17) is 0 Å². The number of nitrogens with zero attached hydrogens (tertiary/aromatic N) is 2. The van der Waals surface area contributed by atoms with E-state index in [1.807, 2.05) is 0 Å². The fourth-order valence-corrected chi connectivity index (χ4v) is 6.46. The van der Waals surface area contributed by atoms with Crippen LogP contribution in [-0.4, -0.2) is 48.4 Å². The van der Waals surface area contributed by atoms with Crippen molar-refractivity contribution in [1.82, 2.24) is 9.80 Å². The molecule has 0 N–H and O–H groups in total. The molecule has 0 aromatic heterocycles. The molecule has 2 aliphatic rings. The molecule has 0 aliphatic carbocycles. The third kappa shape index (κ3) is 10.3. The van der Waals surface area contributed by atoms with Gasteiger partial charge in [0.1, 0.15) is 0 Å². The van der Waals surface area contributed by atoms with Crippen LogP contribution in [0.15, 0.2) is 0 Å². The molecule has 2 heterocycles. The lowest BCUT2D eigenvalue weighted by atomic mass is 9.71. The van der Waals surface area contributed by atoms with Gasteiger partial charge in [-0.25, -0.2) is 0 Å². The number of unbranched alkanes of at least 4 members (excludes halogenated alkanes) is 5. The first-order valence-electron chi connectivity index (χ1n) is 15.1. The van der Waals surface area contributed by atoms with Crippen LogP contribution in [0.2, 0.25) is 0 Å². The molecule has 1 spiro atoms. The maximum atomic E-state index is 12.9. The minimum atomic E-state index is 0.442. The van der Waals surface area contributed by atoms with Gasteiger partial charge in [0.2, 0.25) is 5.91 Å². The maximum Gasteiger partial charge on any atom is 0.222 e. The summed E-state index contributed by atoms with van der Waals surface area (Å²) in [7, 11) is 0. The van der Waals surface area contributed by atoms with Crippen molar-refractivity contribution in [3.63, 3.8) is 0 Å². The predicted octanol–water partition coefficient (Wildman–Crippen LogP) is 8.07. The Labute approximate surface area is 207 Å². The summed E-state index contributed by atoms with van der Waals surface area (Å²) in [6.07, 6.45) is 21.9. The van der Waals surface area contributed by atoms with E-state index >= 15 is 0 Å². The van der Waals surface area contributed by atoms with Crippen LogP contribution in [0, 0.1) is 17.3 Å². The van der Waals surface area contributed by atoms with Crippen LogP contribution < -0.4 is 0 Å². The van der Waals surface area contributed by atoms with Crippen LogP contribution in [0.3, 0.4) is 0 Å². The standard InChI is InChI=1S/C30H58N2O/c1-5-9-12-16-27(15-11-7-3)18-19-29(33)32-22-20-30(21-23-32)25-31(26-30)24-28(14-8-4)17-13-10-6-2/h27-28H,5-26H2,1-4H3. The lowest BCUT2D eigenvalue weighted by Crippen LogP contribution is -2.61. The minimum Gasteiger partial charge on any atom is -0.343 e. The monoisotopic (exact) mass is 462 g/mol. The minimum absolute atomic E-state index is 0.442. The molecule has 2 atom stereocenters. The van der Waals surface area contributed by atoms with Crippen LogP contribution in [0.5, 0.6) is 0 Å². The van der Waals surface area contributed by atoms with Gasteiger partial charge in [0.25, 0.3) is 0 Å². The van der Waals surface area contributed by atoms with Crippen molar-refractivity contribution in [2.24, 2.45) is 17.3 Å². The third-order valence-corrected chi connectivity index (χ3v) is 8.67. The second-order valence-corrected chi connectivity index (χ2v) is 11.7. The van der Waals surface area contributed by atoms with Crippen molar-refractivity contribution in [2.45, 2.75) is 137 Å². The Hall–Kier alpha value is -0.570. The molecule has 3 nitrogen and oxygen atoms in total. The Balaban J connectivity index is 1.67. The Morgan fingerprint density at radius 1 is 0.697 bits per heavy atom. The fourth-order valence-electron chi connectivity index (χ4n) is 6.46. The van der Waals surface area contributed by atoms with Crippen molar-refractivity contribution in [2.75, 3.05) is 32.7 Å². The van der Waals surface area contributed by atoms with E-state index < -0.39 is 0 Å². The molecule has 2 aliphatic heterocycles. The van der Waals surface area contributed by atoms with Crippen molar-refractivity contribution in [3.8, 4) is 0 Å². The summed E-state index contributed by atoms with van der Waals surface area (Å²) >= 11 is 0. The molecule has 0 bridgehead atoms. The summed E-state index contributed by atoms with van der Waals surface area (Å²) in [6, 6.07) is 0. The molecular weight excluding hydrogens is 404 g/mol. The number of piperidine rings is 1. The molecule has 2 saturated heterocycles. The van der Waals surface area contributed by atoms with Gasteiger partial charge in [-0.3, -0.25) is 4.79 Å². The van der Waals surface area contributed by atoms with Crippen molar-refractivity contribution in [1.29, 1.82) is 0 Å². The SMILES string of the molecule is CCCCCC(CCCC)CCC(=O)N1CCC2(CC1)CN(CC(CCC)CCCCC)C2. The molecule has 0 aromatic rings. The van der Waals surface area contributed by atoms with Gasteiger partial charge in [0.15, 0.2) is 0 Å². The highest BCUT2D eigenvalue weighted by molar-refractivity contribution is 5.76. The molecule has 2 fully saturated rings. The maximum absolute atomic E-state index is 12.9. The lowest BCUT2D eigenvalue weighted by molar-refractivity contribution is -0.136. The summed E-state index contributed by atoms with van der Waals surface area (Å²) in [5.74, 6) is 2.11. The van der Waals surface area contributed by atoms with Crippen molar-refractivity contribution in [3.05, 3.63) is 0 Å². The Kier molecular flexibility index (Phi) is 14.0. The average Bonchev–Trinajstić information content (AvgIpc) is 2.80. The van der Waals surface area contributed by atoms with Gasteiger partial charge in [0.05, 0.1) is 0 Å². The van der Waals surface area contributed by atoms with E-state index in [9.17, 15) is 4.79 Å². The van der Waals surface area contributed by atoms with Crippen molar-refractivity contribution < 1.29 is 4.79 Å². The van der Waals surface area contributed by atoms with Gasteiger partial charge in [-0.1, -0.05) is 98.3 Å². The number of amides is 1. The molecule has 0 aromatic carbocycles. The smallest absolute Gasteiger partial charge is 0.222 e. The first-order valence-corrected chi connectivity index (χ1v) is 15.1. The number of carbonyl (C=O) groups is 1. The van der Waals surface area contributed by atoms with Gasteiger partial charge in [-0.15, -0.1) is 0 Å². The third-order valence-electron chi connectivity index (χ3n) is 8.67. The molecule has 1 amide bonds. The van der Waals surface area contributed by atoms with E-state index in [1.54, 1.807) is 0 Å². The van der Waals surface area contributed by atoms with E-state index in [0.717, 1.165) is 37.8 Å². The Morgan fingerprint density at radius 3 is 1.85 bits per heavy atom. The normalized spacial score (nSPS) is 20.1. The highest BCUT2D eigenvalue weighted by Crippen LogP contribution is 2.41. The van der Waals surface area contributed by atoms with E-state index in [2.05, 4.69) is 37.5 Å². The number of rotatable bonds is 18. The quantitative estimate of drug-likeness (QED) is 0.192. The van der Waals surface area contributed by atoms with Gasteiger partial charge in [-0.2, -0.15) is 0 Å². The Bertz CT molecular complexity index is 503. The molecule has 0 radical (unpaired) electrons. The highest BCUT2D eigenvalue weighted by atomic mass is 16.2. The summed E-state index contributed by atoms with van der Waals surface area (Å²) in [6.45, 7) is 15.1. The lowest BCUT2D eigenvalue weighted by Gasteiger charge is -2.55. The molecule has 2 rings (SSSR count). The fraction of sp³-hybridized carbons (Fsp3) is 0.967. The second kappa shape index (κ2) is 16.2. The Morgan fingerprint density at radius 2 is 1.27 bits per heavy atom. The largest absolute Gasteiger partial charge is 0.343 e. The summed E-state index contributed by atoms with van der Waals surface area (Å²) in [4.78, 5) is 17.9. The number of hydrogen-bond donors (Lipinski definition) is 0. The first kappa shape index (κ1) is 28.7. The molecule has 3 heteroatoms. The van der Waals surface area contributed by atoms with Crippen LogP contribution in [-0.2, 0) is 4.79 Å². The molecule has 33 heavy (non-hydrogen) atoms. The van der Waals surface area contributed by atoms with E-state index in [1.165, 1.54) is 116 Å². The van der Waals surface area contributed by atoms with E-state index in [0.29, 0.717) is 11.3 Å². The van der Waals surface area contributed by atoms with Crippen molar-refractivity contribution >= 4 is 5.91 Å². The second-order valence-electron chi connectivity index (χ2n) is 11.7. The highest BCUT2D eigenvalue weighted by Gasteiger charge is 2.45. The van der Waals surface area contributed by atoms with Gasteiger partial charge < -0.3 is 9.80 Å². The van der Waals surface area contributed by atoms with Gasteiger partial charge >= 0.3 is 0 Å². The van der Waals surface area contributed by atoms with Gasteiger partial charge in [-0.05, 0) is 49.4 Å².